The lowest BCUT2D eigenvalue weighted by Gasteiger charge is -2.46. The van der Waals surface area contributed by atoms with Gasteiger partial charge in [-0.3, -0.25) is 0 Å². The fraction of sp³-hybridized carbons (Fsp3) is 0.571. The highest BCUT2D eigenvalue weighted by molar-refractivity contribution is 5.58. The molecule has 2 heteroatoms. The highest BCUT2D eigenvalue weighted by Gasteiger charge is 2.31. The summed E-state index contributed by atoms with van der Waals surface area (Å²) in [6.07, 6.45) is 2.09. The van der Waals surface area contributed by atoms with Crippen LogP contribution in [0.1, 0.15) is 39.7 Å². The Balaban J connectivity index is 2.48. The van der Waals surface area contributed by atoms with Crippen LogP contribution in [0, 0.1) is 5.82 Å². The summed E-state index contributed by atoms with van der Waals surface area (Å²) in [7, 11) is 0. The minimum atomic E-state index is -0.123. The van der Waals surface area contributed by atoms with E-state index in [1.807, 2.05) is 6.07 Å². The second-order valence-electron chi connectivity index (χ2n) is 5.70. The number of nitrogens with zero attached hydrogens (tertiary/aromatic N) is 1. The highest BCUT2D eigenvalue weighted by Crippen LogP contribution is 2.36. The summed E-state index contributed by atoms with van der Waals surface area (Å²) in [6.45, 7) is 8.88. The maximum atomic E-state index is 13.2. The highest BCUT2D eigenvalue weighted by atomic mass is 19.1. The van der Waals surface area contributed by atoms with E-state index in [2.05, 4.69) is 32.6 Å². The van der Waals surface area contributed by atoms with E-state index in [0.717, 1.165) is 18.4 Å². The largest absolute Gasteiger partial charge is 0.364 e. The zero-order chi connectivity index (χ0) is 11.9. The molecule has 1 aromatic rings. The van der Waals surface area contributed by atoms with E-state index in [0.29, 0.717) is 6.04 Å². The number of aryl methyl sites for hydroxylation is 1. The standard InChI is InChI=1S/C14H20FN/c1-10-5-6-11-9-12(15)7-8-13(11)16(10)14(2,3)4/h7-10H,5-6H2,1-4H3. The van der Waals surface area contributed by atoms with Gasteiger partial charge in [-0.15, -0.1) is 0 Å². The first-order valence-corrected chi connectivity index (χ1v) is 5.97. The van der Waals surface area contributed by atoms with Gasteiger partial charge in [0.1, 0.15) is 5.82 Å². The van der Waals surface area contributed by atoms with Crippen molar-refractivity contribution < 1.29 is 4.39 Å². The van der Waals surface area contributed by atoms with E-state index in [4.69, 9.17) is 0 Å². The zero-order valence-corrected chi connectivity index (χ0v) is 10.5. The molecule has 0 spiro atoms. The molecule has 0 saturated carbocycles. The Hall–Kier alpha value is -1.05. The summed E-state index contributed by atoms with van der Waals surface area (Å²) in [5.74, 6) is -0.123. The van der Waals surface area contributed by atoms with Gasteiger partial charge in [-0.2, -0.15) is 0 Å². The Labute approximate surface area is 97.3 Å². The van der Waals surface area contributed by atoms with Crippen molar-refractivity contribution in [2.75, 3.05) is 4.90 Å². The van der Waals surface area contributed by atoms with Gasteiger partial charge in [-0.05, 0) is 64.3 Å². The van der Waals surface area contributed by atoms with Crippen LogP contribution in [-0.2, 0) is 6.42 Å². The third-order valence-electron chi connectivity index (χ3n) is 3.30. The molecule has 1 aliphatic rings. The number of hydrogen-bond acceptors (Lipinski definition) is 1. The third-order valence-corrected chi connectivity index (χ3v) is 3.30. The van der Waals surface area contributed by atoms with Crippen LogP contribution in [-0.4, -0.2) is 11.6 Å². The molecule has 0 bridgehead atoms. The minimum Gasteiger partial charge on any atom is -0.364 e. The molecule has 1 aromatic carbocycles. The Bertz CT molecular complexity index is 392. The minimum absolute atomic E-state index is 0.0897. The topological polar surface area (TPSA) is 3.24 Å². The van der Waals surface area contributed by atoms with Crippen molar-refractivity contribution in [3.63, 3.8) is 0 Å². The van der Waals surface area contributed by atoms with Crippen LogP contribution in [0.3, 0.4) is 0 Å². The molecule has 1 heterocycles. The number of fused-ring (bicyclic) bond motifs is 1. The summed E-state index contributed by atoms with van der Waals surface area (Å²) in [4.78, 5) is 2.41. The van der Waals surface area contributed by atoms with Gasteiger partial charge in [-0.1, -0.05) is 0 Å². The number of benzene rings is 1. The van der Waals surface area contributed by atoms with Crippen LogP contribution >= 0.6 is 0 Å². The number of anilines is 1. The number of halogens is 1. The Kier molecular flexibility index (Phi) is 2.69. The first-order chi connectivity index (χ1) is 7.39. The average Bonchev–Trinajstić information content (AvgIpc) is 2.16. The molecule has 1 unspecified atom stereocenters. The van der Waals surface area contributed by atoms with Crippen molar-refractivity contribution in [3.8, 4) is 0 Å². The first-order valence-electron chi connectivity index (χ1n) is 5.97. The normalized spacial score (nSPS) is 20.8. The molecular formula is C14H20FN. The molecule has 0 amide bonds. The maximum Gasteiger partial charge on any atom is 0.123 e. The summed E-state index contributed by atoms with van der Waals surface area (Å²) >= 11 is 0. The van der Waals surface area contributed by atoms with Crippen LogP contribution < -0.4 is 4.90 Å². The lowest BCUT2D eigenvalue weighted by molar-refractivity contribution is 0.421. The Morgan fingerprint density at radius 3 is 2.62 bits per heavy atom. The van der Waals surface area contributed by atoms with Crippen molar-refractivity contribution in [2.45, 2.75) is 52.1 Å². The Morgan fingerprint density at radius 2 is 2.00 bits per heavy atom. The van der Waals surface area contributed by atoms with Crippen molar-refractivity contribution >= 4 is 5.69 Å². The van der Waals surface area contributed by atoms with E-state index in [9.17, 15) is 4.39 Å². The monoisotopic (exact) mass is 221 g/mol. The van der Waals surface area contributed by atoms with Crippen molar-refractivity contribution in [3.05, 3.63) is 29.6 Å². The van der Waals surface area contributed by atoms with Gasteiger partial charge in [0.25, 0.3) is 0 Å². The van der Waals surface area contributed by atoms with Gasteiger partial charge >= 0.3 is 0 Å². The summed E-state index contributed by atoms with van der Waals surface area (Å²) in [6, 6.07) is 5.69. The smallest absolute Gasteiger partial charge is 0.123 e. The van der Waals surface area contributed by atoms with Crippen molar-refractivity contribution in [1.29, 1.82) is 0 Å². The zero-order valence-electron chi connectivity index (χ0n) is 10.5. The van der Waals surface area contributed by atoms with Crippen LogP contribution in [0.25, 0.3) is 0 Å². The lowest BCUT2D eigenvalue weighted by Crippen LogP contribution is -2.49. The van der Waals surface area contributed by atoms with Crippen molar-refractivity contribution in [1.82, 2.24) is 0 Å². The Morgan fingerprint density at radius 1 is 1.31 bits per heavy atom. The van der Waals surface area contributed by atoms with Crippen LogP contribution in [0.4, 0.5) is 10.1 Å². The molecule has 0 aromatic heterocycles. The van der Waals surface area contributed by atoms with Gasteiger partial charge in [0.2, 0.25) is 0 Å². The molecule has 0 radical (unpaired) electrons. The summed E-state index contributed by atoms with van der Waals surface area (Å²) < 4.78 is 13.2. The molecule has 0 fully saturated rings. The summed E-state index contributed by atoms with van der Waals surface area (Å²) in [5, 5.41) is 0. The second kappa shape index (κ2) is 3.76. The van der Waals surface area contributed by atoms with Crippen LogP contribution in [0.5, 0.6) is 0 Å². The molecule has 1 atom stereocenters. The lowest BCUT2D eigenvalue weighted by atomic mass is 9.91. The molecular weight excluding hydrogens is 201 g/mol. The van der Waals surface area contributed by atoms with E-state index in [1.165, 1.54) is 5.69 Å². The first kappa shape index (κ1) is 11.4. The van der Waals surface area contributed by atoms with E-state index < -0.39 is 0 Å². The predicted octanol–water partition coefficient (Wildman–Crippen LogP) is 3.77. The molecule has 2 rings (SSSR count). The molecule has 0 aliphatic carbocycles. The number of rotatable bonds is 0. The average molecular weight is 221 g/mol. The third kappa shape index (κ3) is 1.93. The maximum absolute atomic E-state index is 13.2. The van der Waals surface area contributed by atoms with E-state index >= 15 is 0 Å². The van der Waals surface area contributed by atoms with E-state index in [1.54, 1.807) is 12.1 Å². The van der Waals surface area contributed by atoms with Crippen molar-refractivity contribution in [2.24, 2.45) is 0 Å². The summed E-state index contributed by atoms with van der Waals surface area (Å²) in [5.41, 5.74) is 2.44. The predicted molar refractivity (Wildman–Crippen MR) is 66.4 cm³/mol. The SMILES string of the molecule is CC1CCc2cc(F)ccc2N1C(C)(C)C. The molecule has 16 heavy (non-hydrogen) atoms. The number of hydrogen-bond donors (Lipinski definition) is 0. The van der Waals surface area contributed by atoms with Gasteiger partial charge in [-0.25, -0.2) is 4.39 Å². The van der Waals surface area contributed by atoms with Crippen LogP contribution in [0.15, 0.2) is 18.2 Å². The van der Waals surface area contributed by atoms with Gasteiger partial charge in [0.05, 0.1) is 0 Å². The van der Waals surface area contributed by atoms with Crippen LogP contribution in [0.2, 0.25) is 0 Å². The molecule has 1 nitrogen and oxygen atoms in total. The molecule has 88 valence electrons. The van der Waals surface area contributed by atoms with Gasteiger partial charge in [0, 0.05) is 17.3 Å². The van der Waals surface area contributed by atoms with Gasteiger partial charge < -0.3 is 4.90 Å². The molecule has 1 aliphatic heterocycles. The second-order valence-corrected chi connectivity index (χ2v) is 5.70. The fourth-order valence-corrected chi connectivity index (χ4v) is 2.74. The molecule has 0 N–H and O–H groups in total. The van der Waals surface area contributed by atoms with Gasteiger partial charge in [0.15, 0.2) is 0 Å². The molecule has 0 saturated heterocycles. The quantitative estimate of drug-likeness (QED) is 0.644. The fourth-order valence-electron chi connectivity index (χ4n) is 2.74. The van der Waals surface area contributed by atoms with E-state index in [-0.39, 0.29) is 11.4 Å².